The molecule has 0 radical (unpaired) electrons. The molecule has 29 heavy (non-hydrogen) atoms. The second-order valence-electron chi connectivity index (χ2n) is 7.50. The van der Waals surface area contributed by atoms with Gasteiger partial charge in [0.15, 0.2) is 6.10 Å². The van der Waals surface area contributed by atoms with Crippen LogP contribution < -0.4 is 4.90 Å². The summed E-state index contributed by atoms with van der Waals surface area (Å²) in [6.07, 6.45) is -0.00520. The molecule has 0 aliphatic carbocycles. The molecule has 4 rings (SSSR count). The number of hydrogen-bond donors (Lipinski definition) is 0. The topological polar surface area (TPSA) is 59.1 Å². The van der Waals surface area contributed by atoms with E-state index < -0.39 is 12.1 Å². The average Bonchev–Trinajstić information content (AvgIpc) is 3.18. The lowest BCUT2D eigenvalue weighted by Crippen LogP contribution is -2.39. The first-order valence-electron chi connectivity index (χ1n) is 10.1. The van der Waals surface area contributed by atoms with Gasteiger partial charge in [-0.25, -0.2) is 4.79 Å². The van der Waals surface area contributed by atoms with E-state index in [1.807, 2.05) is 36.4 Å². The van der Waals surface area contributed by atoms with Crippen LogP contribution in [-0.2, 0) is 27.2 Å². The van der Waals surface area contributed by atoms with Crippen molar-refractivity contribution in [2.24, 2.45) is 0 Å². The van der Waals surface area contributed by atoms with Crippen molar-refractivity contribution in [2.45, 2.75) is 26.0 Å². The number of hydrogen-bond acceptors (Lipinski definition) is 5. The largest absolute Gasteiger partial charge is 0.449 e. The molecule has 1 amide bonds. The fourth-order valence-corrected chi connectivity index (χ4v) is 3.83. The molecule has 0 saturated carbocycles. The third kappa shape index (κ3) is 4.49. The van der Waals surface area contributed by atoms with Gasteiger partial charge in [0.25, 0.3) is 5.91 Å². The molecular weight excluding hydrogens is 368 g/mol. The summed E-state index contributed by atoms with van der Waals surface area (Å²) in [4.78, 5) is 29.3. The number of morpholine rings is 1. The van der Waals surface area contributed by atoms with Crippen molar-refractivity contribution in [3.8, 4) is 0 Å². The smallest absolute Gasteiger partial charge is 0.338 e. The molecule has 6 heteroatoms. The zero-order valence-corrected chi connectivity index (χ0v) is 16.7. The Morgan fingerprint density at radius 1 is 1.03 bits per heavy atom. The van der Waals surface area contributed by atoms with Gasteiger partial charge in [-0.15, -0.1) is 0 Å². The highest BCUT2D eigenvalue weighted by atomic mass is 16.5. The van der Waals surface area contributed by atoms with E-state index in [-0.39, 0.29) is 5.91 Å². The minimum Gasteiger partial charge on any atom is -0.449 e. The van der Waals surface area contributed by atoms with Crippen LogP contribution in [0.4, 0.5) is 5.69 Å². The molecule has 2 heterocycles. The summed E-state index contributed by atoms with van der Waals surface area (Å²) in [5.74, 6) is -0.663. The molecule has 2 aliphatic heterocycles. The van der Waals surface area contributed by atoms with E-state index in [0.29, 0.717) is 12.1 Å². The summed E-state index contributed by atoms with van der Waals surface area (Å²) >= 11 is 0. The van der Waals surface area contributed by atoms with Gasteiger partial charge >= 0.3 is 5.97 Å². The van der Waals surface area contributed by atoms with Gasteiger partial charge in [-0.1, -0.05) is 30.3 Å². The number of para-hydroxylation sites is 1. The molecule has 1 saturated heterocycles. The average molecular weight is 394 g/mol. The molecule has 1 atom stereocenters. The Hall–Kier alpha value is -2.70. The molecule has 0 unspecified atom stereocenters. The lowest BCUT2D eigenvalue weighted by atomic mass is 10.1. The predicted octanol–water partition coefficient (Wildman–Crippen LogP) is 2.65. The summed E-state index contributed by atoms with van der Waals surface area (Å²) < 4.78 is 10.8. The standard InChI is InChI=1S/C23H26N2O4/c1-17(22(26)25-11-10-19-4-2-3-5-21(19)25)29-23(27)20-8-6-18(7-9-20)16-24-12-14-28-15-13-24/h2-9,17H,10-16H2,1H3/t17-/m0/s1. The lowest BCUT2D eigenvalue weighted by Gasteiger charge is -2.26. The Morgan fingerprint density at radius 2 is 1.76 bits per heavy atom. The number of carbonyl (C=O) groups excluding carboxylic acids is 2. The van der Waals surface area contributed by atoms with Crippen molar-refractivity contribution in [2.75, 3.05) is 37.7 Å². The van der Waals surface area contributed by atoms with Gasteiger partial charge in [-0.2, -0.15) is 0 Å². The van der Waals surface area contributed by atoms with Crippen LogP contribution in [0.25, 0.3) is 0 Å². The van der Waals surface area contributed by atoms with Gasteiger partial charge in [0.05, 0.1) is 18.8 Å². The number of fused-ring (bicyclic) bond motifs is 1. The molecule has 0 N–H and O–H groups in total. The monoisotopic (exact) mass is 394 g/mol. The molecular formula is C23H26N2O4. The summed E-state index contributed by atoms with van der Waals surface area (Å²) in [5, 5.41) is 0. The number of anilines is 1. The Morgan fingerprint density at radius 3 is 2.52 bits per heavy atom. The Kier molecular flexibility index (Phi) is 5.92. The number of rotatable bonds is 5. The molecule has 6 nitrogen and oxygen atoms in total. The number of amides is 1. The van der Waals surface area contributed by atoms with Crippen LogP contribution >= 0.6 is 0 Å². The van der Waals surface area contributed by atoms with E-state index in [1.165, 1.54) is 0 Å². The van der Waals surface area contributed by atoms with Gasteiger partial charge in [0, 0.05) is 31.9 Å². The molecule has 0 bridgehead atoms. The molecule has 152 valence electrons. The highest BCUT2D eigenvalue weighted by molar-refractivity contribution is 6.00. The van der Waals surface area contributed by atoms with Crippen molar-refractivity contribution in [1.29, 1.82) is 0 Å². The first kappa shape index (κ1) is 19.6. The quantitative estimate of drug-likeness (QED) is 0.730. The van der Waals surface area contributed by atoms with E-state index in [9.17, 15) is 9.59 Å². The first-order valence-corrected chi connectivity index (χ1v) is 10.1. The van der Waals surface area contributed by atoms with E-state index in [4.69, 9.17) is 9.47 Å². The van der Waals surface area contributed by atoms with E-state index in [1.54, 1.807) is 24.0 Å². The van der Waals surface area contributed by atoms with Gasteiger partial charge in [0.2, 0.25) is 0 Å². The van der Waals surface area contributed by atoms with Crippen molar-refractivity contribution < 1.29 is 19.1 Å². The van der Waals surface area contributed by atoms with Gasteiger partial charge in [-0.05, 0) is 42.7 Å². The van der Waals surface area contributed by atoms with Crippen LogP contribution in [0.5, 0.6) is 0 Å². The van der Waals surface area contributed by atoms with Gasteiger partial charge in [0.1, 0.15) is 0 Å². The van der Waals surface area contributed by atoms with Crippen LogP contribution in [0, 0.1) is 0 Å². The van der Waals surface area contributed by atoms with Crippen LogP contribution in [0.15, 0.2) is 48.5 Å². The normalized spacial score (nSPS) is 17.6. The minimum atomic E-state index is -0.832. The summed E-state index contributed by atoms with van der Waals surface area (Å²) in [6.45, 7) is 6.45. The summed E-state index contributed by atoms with van der Waals surface area (Å²) in [5.41, 5.74) is 3.65. The van der Waals surface area contributed by atoms with E-state index >= 15 is 0 Å². The third-order valence-electron chi connectivity index (χ3n) is 5.48. The second kappa shape index (κ2) is 8.76. The fourth-order valence-electron chi connectivity index (χ4n) is 3.83. The van der Waals surface area contributed by atoms with E-state index in [2.05, 4.69) is 4.90 Å². The van der Waals surface area contributed by atoms with Crippen LogP contribution in [0.3, 0.4) is 0 Å². The zero-order chi connectivity index (χ0) is 20.2. The molecule has 2 aliphatic rings. The third-order valence-corrected chi connectivity index (χ3v) is 5.48. The summed E-state index contributed by atoms with van der Waals surface area (Å²) in [6, 6.07) is 15.3. The second-order valence-corrected chi connectivity index (χ2v) is 7.50. The Labute approximate surface area is 171 Å². The van der Waals surface area contributed by atoms with Gasteiger partial charge in [-0.3, -0.25) is 9.69 Å². The van der Waals surface area contributed by atoms with Crippen molar-refractivity contribution in [3.63, 3.8) is 0 Å². The van der Waals surface area contributed by atoms with Gasteiger partial charge < -0.3 is 14.4 Å². The Bertz CT molecular complexity index is 875. The van der Waals surface area contributed by atoms with Crippen molar-refractivity contribution >= 4 is 17.6 Å². The number of esters is 1. The SMILES string of the molecule is C[C@H](OC(=O)c1ccc(CN2CCOCC2)cc1)C(=O)N1CCc2ccccc21. The number of benzene rings is 2. The fraction of sp³-hybridized carbons (Fsp3) is 0.391. The van der Waals surface area contributed by atoms with E-state index in [0.717, 1.165) is 56.1 Å². The van der Waals surface area contributed by atoms with Crippen LogP contribution in [0.1, 0.15) is 28.4 Å². The molecule has 2 aromatic carbocycles. The number of carbonyl (C=O) groups is 2. The highest BCUT2D eigenvalue weighted by Gasteiger charge is 2.29. The maximum Gasteiger partial charge on any atom is 0.338 e. The molecule has 2 aromatic rings. The molecule has 0 aromatic heterocycles. The zero-order valence-electron chi connectivity index (χ0n) is 16.7. The summed E-state index contributed by atoms with van der Waals surface area (Å²) in [7, 11) is 0. The maximum absolute atomic E-state index is 12.8. The van der Waals surface area contributed by atoms with Crippen LogP contribution in [-0.4, -0.2) is 55.7 Å². The Balaban J connectivity index is 1.34. The highest BCUT2D eigenvalue weighted by Crippen LogP contribution is 2.28. The minimum absolute atomic E-state index is 0.188. The first-order chi connectivity index (χ1) is 14.1. The number of nitrogens with zero attached hydrogens (tertiary/aromatic N) is 2. The van der Waals surface area contributed by atoms with Crippen molar-refractivity contribution in [1.82, 2.24) is 4.90 Å². The maximum atomic E-state index is 12.8. The lowest BCUT2D eigenvalue weighted by molar-refractivity contribution is -0.126. The molecule has 0 spiro atoms. The number of ether oxygens (including phenoxy) is 2. The molecule has 1 fully saturated rings. The van der Waals surface area contributed by atoms with Crippen LogP contribution in [0.2, 0.25) is 0 Å². The van der Waals surface area contributed by atoms with Crippen molar-refractivity contribution in [3.05, 3.63) is 65.2 Å². The predicted molar refractivity (Wildman–Crippen MR) is 110 cm³/mol.